The summed E-state index contributed by atoms with van der Waals surface area (Å²) in [6.07, 6.45) is 2.12. The van der Waals surface area contributed by atoms with Crippen molar-refractivity contribution in [1.29, 1.82) is 0 Å². The number of carbonyl (C=O) groups is 2. The molecule has 5 nitrogen and oxygen atoms in total. The monoisotopic (exact) mass is 367 g/mol. The first-order valence-corrected chi connectivity index (χ1v) is 8.65. The molecule has 2 amide bonds. The van der Waals surface area contributed by atoms with Crippen molar-refractivity contribution in [2.45, 2.75) is 39.7 Å². The van der Waals surface area contributed by atoms with Gasteiger partial charge in [0.2, 0.25) is 0 Å². The van der Waals surface area contributed by atoms with Crippen LogP contribution in [0.25, 0.3) is 0 Å². The lowest BCUT2D eigenvalue weighted by Gasteiger charge is -2.32. The molecule has 1 aromatic rings. The molecule has 1 aliphatic rings. The Morgan fingerprint density at radius 3 is 2.32 bits per heavy atom. The molecule has 0 spiro atoms. The molecule has 1 aromatic carbocycles. The van der Waals surface area contributed by atoms with Crippen molar-refractivity contribution < 1.29 is 9.59 Å². The van der Waals surface area contributed by atoms with E-state index in [9.17, 15) is 9.59 Å². The molecule has 6 heteroatoms. The van der Waals surface area contributed by atoms with Crippen LogP contribution in [0.2, 0.25) is 0 Å². The molecular formula is C19H30ClN3O2. The zero-order chi connectivity index (χ0) is 17.7. The van der Waals surface area contributed by atoms with Crippen LogP contribution in [0.3, 0.4) is 0 Å². The number of likely N-dealkylation sites (tertiary alicyclic amines) is 1. The number of nitrogens with one attached hydrogen (secondary N) is 2. The second-order valence-corrected chi connectivity index (χ2v) is 7.70. The lowest BCUT2D eigenvalue weighted by Crippen LogP contribution is -2.46. The predicted molar refractivity (Wildman–Crippen MR) is 103 cm³/mol. The van der Waals surface area contributed by atoms with Gasteiger partial charge < -0.3 is 15.5 Å². The van der Waals surface area contributed by atoms with Gasteiger partial charge in [0, 0.05) is 36.8 Å². The van der Waals surface area contributed by atoms with Crippen molar-refractivity contribution in [2.24, 2.45) is 5.41 Å². The number of carbonyl (C=O) groups excluding carboxylic acids is 2. The summed E-state index contributed by atoms with van der Waals surface area (Å²) in [5, 5.41) is 6.17. The molecule has 1 unspecified atom stereocenters. The quantitative estimate of drug-likeness (QED) is 0.860. The van der Waals surface area contributed by atoms with E-state index >= 15 is 0 Å². The second-order valence-electron chi connectivity index (χ2n) is 7.70. The number of rotatable bonds is 4. The molecule has 1 fully saturated rings. The van der Waals surface area contributed by atoms with Crippen LogP contribution in [0.1, 0.15) is 54.3 Å². The van der Waals surface area contributed by atoms with Crippen LogP contribution >= 0.6 is 12.4 Å². The number of hydrogen-bond donors (Lipinski definition) is 2. The first-order chi connectivity index (χ1) is 11.3. The van der Waals surface area contributed by atoms with E-state index < -0.39 is 0 Å². The van der Waals surface area contributed by atoms with Gasteiger partial charge in [0.15, 0.2) is 0 Å². The fourth-order valence-corrected chi connectivity index (χ4v) is 2.79. The summed E-state index contributed by atoms with van der Waals surface area (Å²) >= 11 is 0. The highest BCUT2D eigenvalue weighted by Gasteiger charge is 2.23. The molecule has 25 heavy (non-hydrogen) atoms. The summed E-state index contributed by atoms with van der Waals surface area (Å²) in [6, 6.07) is 7.31. The fourth-order valence-electron chi connectivity index (χ4n) is 2.79. The molecule has 1 aliphatic heterocycles. The van der Waals surface area contributed by atoms with Crippen molar-refractivity contribution in [3.8, 4) is 0 Å². The minimum absolute atomic E-state index is 0. The van der Waals surface area contributed by atoms with Gasteiger partial charge in [0.25, 0.3) is 11.8 Å². The zero-order valence-corrected chi connectivity index (χ0v) is 16.4. The first-order valence-electron chi connectivity index (χ1n) is 8.65. The number of halogens is 1. The average molecular weight is 368 g/mol. The van der Waals surface area contributed by atoms with Crippen molar-refractivity contribution in [1.82, 2.24) is 15.5 Å². The van der Waals surface area contributed by atoms with Gasteiger partial charge in [-0.3, -0.25) is 9.59 Å². The summed E-state index contributed by atoms with van der Waals surface area (Å²) in [5.41, 5.74) is 1.27. The van der Waals surface area contributed by atoms with Gasteiger partial charge in [0.1, 0.15) is 0 Å². The van der Waals surface area contributed by atoms with Crippen molar-refractivity contribution in [2.75, 3.05) is 26.7 Å². The van der Waals surface area contributed by atoms with E-state index in [0.29, 0.717) is 23.7 Å². The van der Waals surface area contributed by atoms with E-state index in [4.69, 9.17) is 0 Å². The number of amides is 2. The Labute approximate surface area is 157 Å². The Kier molecular flexibility index (Phi) is 7.90. The standard InChI is InChI=1S/C19H29N3O2.ClH/c1-19(2,3)13-21-17(23)14-7-9-15(10-8-14)18(24)22-11-5-6-16(12-22)20-4;/h7-10,16,20H,5-6,11-13H2,1-4H3,(H,21,23);1H. The van der Waals surface area contributed by atoms with Crippen LogP contribution in [0.4, 0.5) is 0 Å². The van der Waals surface area contributed by atoms with Crippen LogP contribution in [0, 0.1) is 5.41 Å². The maximum Gasteiger partial charge on any atom is 0.253 e. The Hall–Kier alpha value is -1.59. The van der Waals surface area contributed by atoms with E-state index in [1.165, 1.54) is 0 Å². The summed E-state index contributed by atoms with van der Waals surface area (Å²) in [7, 11) is 1.93. The second kappa shape index (κ2) is 9.20. The maximum absolute atomic E-state index is 12.6. The minimum atomic E-state index is -0.0999. The van der Waals surface area contributed by atoms with Crippen LogP contribution < -0.4 is 10.6 Å². The summed E-state index contributed by atoms with van der Waals surface area (Å²) in [5.74, 6) is -0.0613. The molecule has 2 rings (SSSR count). The maximum atomic E-state index is 12.6. The van der Waals surface area contributed by atoms with E-state index in [0.717, 1.165) is 25.9 Å². The van der Waals surface area contributed by atoms with Gasteiger partial charge in [-0.05, 0) is 49.6 Å². The average Bonchev–Trinajstić information content (AvgIpc) is 2.58. The van der Waals surface area contributed by atoms with Crippen molar-refractivity contribution in [3.05, 3.63) is 35.4 Å². The van der Waals surface area contributed by atoms with Crippen LogP contribution in [-0.2, 0) is 0 Å². The lowest BCUT2D eigenvalue weighted by atomic mass is 9.97. The van der Waals surface area contributed by atoms with Crippen LogP contribution in [0.5, 0.6) is 0 Å². The Bertz CT molecular complexity index is 581. The molecule has 1 heterocycles. The Morgan fingerprint density at radius 2 is 1.76 bits per heavy atom. The fraction of sp³-hybridized carbons (Fsp3) is 0.579. The highest BCUT2D eigenvalue weighted by molar-refractivity contribution is 5.97. The van der Waals surface area contributed by atoms with Gasteiger partial charge in [-0.2, -0.15) is 0 Å². The number of likely N-dealkylation sites (N-methyl/N-ethyl adjacent to an activating group) is 1. The van der Waals surface area contributed by atoms with E-state index in [-0.39, 0.29) is 29.6 Å². The van der Waals surface area contributed by atoms with E-state index in [1.54, 1.807) is 24.3 Å². The number of nitrogens with zero attached hydrogens (tertiary/aromatic N) is 1. The highest BCUT2D eigenvalue weighted by Crippen LogP contribution is 2.15. The normalized spacial score (nSPS) is 17.6. The molecular weight excluding hydrogens is 338 g/mol. The van der Waals surface area contributed by atoms with Crippen molar-refractivity contribution in [3.63, 3.8) is 0 Å². The third kappa shape index (κ3) is 6.33. The molecule has 140 valence electrons. The molecule has 0 saturated carbocycles. The number of piperidine rings is 1. The van der Waals surface area contributed by atoms with Gasteiger partial charge >= 0.3 is 0 Å². The third-order valence-electron chi connectivity index (χ3n) is 4.29. The largest absolute Gasteiger partial charge is 0.352 e. The molecule has 1 saturated heterocycles. The van der Waals surface area contributed by atoms with Crippen LogP contribution in [-0.4, -0.2) is 49.4 Å². The van der Waals surface area contributed by atoms with Gasteiger partial charge in [-0.25, -0.2) is 0 Å². The molecule has 0 aliphatic carbocycles. The van der Waals surface area contributed by atoms with Gasteiger partial charge in [-0.15, -0.1) is 12.4 Å². The molecule has 0 bridgehead atoms. The summed E-state index contributed by atoms with van der Waals surface area (Å²) in [6.45, 7) is 8.38. The topological polar surface area (TPSA) is 61.4 Å². The molecule has 2 N–H and O–H groups in total. The smallest absolute Gasteiger partial charge is 0.253 e. The molecule has 0 radical (unpaired) electrons. The lowest BCUT2D eigenvalue weighted by molar-refractivity contribution is 0.0697. The number of hydrogen-bond acceptors (Lipinski definition) is 3. The Morgan fingerprint density at radius 1 is 1.16 bits per heavy atom. The highest BCUT2D eigenvalue weighted by atomic mass is 35.5. The van der Waals surface area contributed by atoms with Crippen molar-refractivity contribution >= 4 is 24.2 Å². The SMILES string of the molecule is CNC1CCCN(C(=O)c2ccc(C(=O)NCC(C)(C)C)cc2)C1.Cl. The third-order valence-corrected chi connectivity index (χ3v) is 4.29. The molecule has 1 atom stereocenters. The summed E-state index contributed by atoms with van der Waals surface area (Å²) in [4.78, 5) is 26.6. The van der Waals surface area contributed by atoms with Gasteiger partial charge in [-0.1, -0.05) is 20.8 Å². The molecule has 0 aromatic heterocycles. The van der Waals surface area contributed by atoms with E-state index in [2.05, 4.69) is 31.4 Å². The van der Waals surface area contributed by atoms with Gasteiger partial charge in [0.05, 0.1) is 0 Å². The minimum Gasteiger partial charge on any atom is -0.352 e. The zero-order valence-electron chi connectivity index (χ0n) is 15.6. The van der Waals surface area contributed by atoms with Crippen LogP contribution in [0.15, 0.2) is 24.3 Å². The van der Waals surface area contributed by atoms with E-state index in [1.807, 2.05) is 11.9 Å². The Balaban J connectivity index is 0.00000312. The number of benzene rings is 1. The predicted octanol–water partition coefficient (Wildman–Crippen LogP) is 2.71. The summed E-state index contributed by atoms with van der Waals surface area (Å²) < 4.78 is 0. The first kappa shape index (κ1) is 21.5.